The van der Waals surface area contributed by atoms with E-state index >= 15 is 0 Å². The predicted molar refractivity (Wildman–Crippen MR) is 196 cm³/mol. The molecule has 0 bridgehead atoms. The Morgan fingerprint density at radius 3 is 2.12 bits per heavy atom. The van der Waals surface area contributed by atoms with Crippen LogP contribution >= 0.6 is 58.2 Å². The molecule has 6 aromatic rings. The molecule has 0 radical (unpaired) electrons. The minimum atomic E-state index is -0.534. The molecule has 1 unspecified atom stereocenters. The van der Waals surface area contributed by atoms with Gasteiger partial charge >= 0.3 is 0 Å². The van der Waals surface area contributed by atoms with Gasteiger partial charge in [0.05, 0.1) is 18.1 Å². The monoisotopic (exact) mass is 733 g/mol. The van der Waals surface area contributed by atoms with Crippen LogP contribution in [-0.4, -0.2) is 35.5 Å². The van der Waals surface area contributed by atoms with Crippen molar-refractivity contribution < 1.29 is 9.59 Å². The number of primary amides is 2. The number of anilines is 4. The van der Waals surface area contributed by atoms with Crippen molar-refractivity contribution in [3.05, 3.63) is 125 Å². The molecule has 6 rings (SSSR count). The summed E-state index contributed by atoms with van der Waals surface area (Å²) >= 11 is 11.2. The first-order valence-electron chi connectivity index (χ1n) is 14.2. The van der Waals surface area contributed by atoms with E-state index in [-0.39, 0.29) is 5.25 Å². The van der Waals surface area contributed by atoms with Gasteiger partial charge in [-0.2, -0.15) is 8.75 Å². The average Bonchev–Trinajstić information content (AvgIpc) is 3.69. The van der Waals surface area contributed by atoms with Crippen LogP contribution in [0.1, 0.15) is 44.0 Å². The molecule has 11 nitrogen and oxygen atoms in total. The molecule has 0 aliphatic rings. The SMILES string of the molecule is CC(Sc1nsc(Nc2cccnc2)c1C(N)=O)c1ccccc1.NC(=O)c1c(SCc2ccc(Cl)cc2)nsc1Nc1cnccn1. The second kappa shape index (κ2) is 17.0. The fraction of sp³-hybridized carbons (Fsp3) is 0.0938. The standard InChI is InChI=1S/C17H16N4OS2.C15H12ClN5OS2/c1-11(12-6-3-2-4-7-12)23-17-14(15(18)22)16(24-21-17)20-13-8-5-9-19-10-13;16-10-3-1-9(2-4-10)8-23-15-12(13(17)22)14(24-21-15)20-11-7-18-5-6-19-11/h2-11,20H,1H3,(H2,18,22);1-7H,8H2,(H2,17,22)(H,19,20). The van der Waals surface area contributed by atoms with E-state index in [0.29, 0.717) is 47.8 Å². The number of aromatic nitrogens is 5. The molecule has 0 aliphatic carbocycles. The van der Waals surface area contributed by atoms with E-state index in [9.17, 15) is 9.59 Å². The summed E-state index contributed by atoms with van der Waals surface area (Å²) < 4.78 is 8.75. The topological polar surface area (TPSA) is 175 Å². The van der Waals surface area contributed by atoms with Crippen molar-refractivity contribution in [2.45, 2.75) is 28.0 Å². The molecule has 0 saturated carbocycles. The normalized spacial score (nSPS) is 11.2. The Kier molecular flexibility index (Phi) is 12.3. The Hall–Kier alpha value is -4.54. The zero-order valence-electron chi connectivity index (χ0n) is 25.2. The number of nitrogens with one attached hydrogen (secondary N) is 2. The minimum Gasteiger partial charge on any atom is -0.365 e. The Bertz CT molecular complexity index is 1950. The lowest BCUT2D eigenvalue weighted by molar-refractivity contribution is 0.0990. The fourth-order valence-corrected chi connectivity index (χ4v) is 8.15. The molecule has 0 aliphatic heterocycles. The molecule has 2 amide bonds. The highest BCUT2D eigenvalue weighted by Gasteiger charge is 2.22. The quantitative estimate of drug-likeness (QED) is 0.0898. The highest BCUT2D eigenvalue weighted by atomic mass is 35.5. The van der Waals surface area contributed by atoms with E-state index in [1.807, 2.05) is 54.6 Å². The van der Waals surface area contributed by atoms with Gasteiger partial charge in [0.2, 0.25) is 0 Å². The number of carbonyl (C=O) groups excluding carboxylic acids is 2. The van der Waals surface area contributed by atoms with Crippen molar-refractivity contribution in [2.24, 2.45) is 11.5 Å². The van der Waals surface area contributed by atoms with Gasteiger partial charge in [0.15, 0.2) is 0 Å². The number of benzene rings is 2. The number of amides is 2. The highest BCUT2D eigenvalue weighted by molar-refractivity contribution is 7.99. The molecule has 0 saturated heterocycles. The Labute approximate surface area is 298 Å². The molecule has 2 aromatic carbocycles. The fourth-order valence-electron chi connectivity index (χ4n) is 4.07. The van der Waals surface area contributed by atoms with Gasteiger partial charge in [-0.3, -0.25) is 19.6 Å². The summed E-state index contributed by atoms with van der Waals surface area (Å²) in [5.41, 5.74) is 14.9. The van der Waals surface area contributed by atoms with Crippen molar-refractivity contribution in [1.29, 1.82) is 0 Å². The van der Waals surface area contributed by atoms with E-state index in [4.69, 9.17) is 23.1 Å². The number of carbonyl (C=O) groups is 2. The summed E-state index contributed by atoms with van der Waals surface area (Å²) in [4.78, 5) is 35.9. The maximum atomic E-state index is 11.9. The van der Waals surface area contributed by atoms with Crippen molar-refractivity contribution in [3.8, 4) is 0 Å². The molecule has 4 aromatic heterocycles. The Morgan fingerprint density at radius 2 is 1.48 bits per heavy atom. The number of pyridine rings is 1. The minimum absolute atomic E-state index is 0.164. The van der Waals surface area contributed by atoms with Gasteiger partial charge in [-0.1, -0.05) is 77.6 Å². The van der Waals surface area contributed by atoms with Crippen molar-refractivity contribution in [3.63, 3.8) is 0 Å². The maximum Gasteiger partial charge on any atom is 0.254 e. The third-order valence-electron chi connectivity index (χ3n) is 6.38. The van der Waals surface area contributed by atoms with Gasteiger partial charge in [0.1, 0.15) is 37.0 Å². The van der Waals surface area contributed by atoms with Crippen LogP contribution in [0.25, 0.3) is 0 Å². The molecular weight excluding hydrogens is 706 g/mol. The van der Waals surface area contributed by atoms with Gasteiger partial charge in [0, 0.05) is 34.6 Å². The molecule has 4 heterocycles. The predicted octanol–water partition coefficient (Wildman–Crippen LogP) is 7.96. The van der Waals surface area contributed by atoms with Crippen molar-refractivity contribution in [2.75, 3.05) is 10.6 Å². The largest absolute Gasteiger partial charge is 0.365 e. The summed E-state index contributed by atoms with van der Waals surface area (Å²) in [5, 5.41) is 9.48. The van der Waals surface area contributed by atoms with Crippen LogP contribution in [0.5, 0.6) is 0 Å². The number of hydrogen-bond donors (Lipinski definition) is 4. The lowest BCUT2D eigenvalue weighted by Crippen LogP contribution is -2.13. The van der Waals surface area contributed by atoms with E-state index < -0.39 is 11.8 Å². The first-order valence-corrected chi connectivity index (χ1v) is 18.0. The molecule has 48 heavy (non-hydrogen) atoms. The van der Waals surface area contributed by atoms with Gasteiger partial charge < -0.3 is 22.1 Å². The molecule has 1 atom stereocenters. The van der Waals surface area contributed by atoms with Crippen molar-refractivity contribution >= 4 is 91.5 Å². The van der Waals surface area contributed by atoms with Crippen LogP contribution in [0.2, 0.25) is 5.02 Å². The molecule has 244 valence electrons. The van der Waals surface area contributed by atoms with E-state index in [0.717, 1.165) is 11.3 Å². The van der Waals surface area contributed by atoms with Crippen molar-refractivity contribution in [1.82, 2.24) is 23.7 Å². The number of halogens is 1. The van der Waals surface area contributed by atoms with Crippen LogP contribution in [0.4, 0.5) is 21.5 Å². The number of rotatable bonds is 12. The number of nitrogens with zero attached hydrogens (tertiary/aromatic N) is 5. The molecule has 0 spiro atoms. The zero-order chi connectivity index (χ0) is 33.9. The van der Waals surface area contributed by atoms with Gasteiger partial charge in [-0.15, -0.1) is 0 Å². The smallest absolute Gasteiger partial charge is 0.254 e. The summed E-state index contributed by atoms with van der Waals surface area (Å²) in [6.45, 7) is 2.08. The Morgan fingerprint density at radius 1 is 0.812 bits per heavy atom. The van der Waals surface area contributed by atoms with Gasteiger partial charge in [0.25, 0.3) is 11.8 Å². The molecule has 0 fully saturated rings. The summed E-state index contributed by atoms with van der Waals surface area (Å²) in [5.74, 6) is 0.163. The highest BCUT2D eigenvalue weighted by Crippen LogP contribution is 2.40. The molecule has 6 N–H and O–H groups in total. The first-order chi connectivity index (χ1) is 23.3. The summed E-state index contributed by atoms with van der Waals surface area (Å²) in [7, 11) is 0. The van der Waals surface area contributed by atoms with Crippen LogP contribution in [-0.2, 0) is 5.75 Å². The third kappa shape index (κ3) is 9.51. The second-order valence-electron chi connectivity index (χ2n) is 9.78. The van der Waals surface area contributed by atoms with Crippen LogP contribution in [0, 0.1) is 0 Å². The lowest BCUT2D eigenvalue weighted by atomic mass is 10.2. The maximum absolute atomic E-state index is 11.9. The van der Waals surface area contributed by atoms with Crippen LogP contribution in [0.15, 0.2) is 108 Å². The first kappa shape index (κ1) is 34.8. The van der Waals surface area contributed by atoms with E-state index in [1.54, 1.807) is 31.0 Å². The van der Waals surface area contributed by atoms with Gasteiger partial charge in [-0.25, -0.2) is 4.98 Å². The number of hydrogen-bond acceptors (Lipinski definition) is 13. The van der Waals surface area contributed by atoms with Gasteiger partial charge in [-0.05, 0) is 65.4 Å². The Balaban J connectivity index is 0.000000188. The van der Waals surface area contributed by atoms with Crippen LogP contribution in [0.3, 0.4) is 0 Å². The summed E-state index contributed by atoms with van der Waals surface area (Å²) in [6, 6.07) is 21.3. The molecule has 16 heteroatoms. The lowest BCUT2D eigenvalue weighted by Gasteiger charge is -2.11. The van der Waals surface area contributed by atoms with E-state index in [1.165, 1.54) is 52.2 Å². The van der Waals surface area contributed by atoms with Crippen LogP contribution < -0.4 is 22.1 Å². The number of nitrogens with two attached hydrogens (primary N) is 2. The zero-order valence-corrected chi connectivity index (χ0v) is 29.3. The molecular formula is C32H28ClN9O2S4. The summed E-state index contributed by atoms with van der Waals surface area (Å²) in [6.07, 6.45) is 8.06. The third-order valence-corrected chi connectivity index (χ3v) is 10.6. The second-order valence-corrected chi connectivity index (χ2v) is 14.1. The average molecular weight is 734 g/mol. The van der Waals surface area contributed by atoms with E-state index in [2.05, 4.69) is 53.4 Å². The number of thioether (sulfide) groups is 2.